The Morgan fingerprint density at radius 1 is 1.18 bits per heavy atom. The third-order valence-corrected chi connectivity index (χ3v) is 7.42. The zero-order valence-corrected chi connectivity index (χ0v) is 17.9. The number of nitrogens with one attached hydrogen (secondary N) is 1. The summed E-state index contributed by atoms with van der Waals surface area (Å²) in [6.45, 7) is 10.3. The molecule has 2 saturated heterocycles. The second kappa shape index (κ2) is 8.90. The van der Waals surface area contributed by atoms with Crippen molar-refractivity contribution in [3.63, 3.8) is 0 Å². The third-order valence-electron chi connectivity index (χ3n) is 5.54. The molecule has 2 heterocycles. The van der Waals surface area contributed by atoms with E-state index in [1.54, 1.807) is 17.0 Å². The maximum Gasteiger partial charge on any atom is 0.279 e. The standard InChI is InChI=1S/C20H31N3O4S/c1-16(2)20-22(19(24)15-21-11-13-27-14-12-21)9-4-10-23(20)28(25,26)18-7-5-17(3)6-8-18/h5-8,16,20H,4,9-15H2,1-3H3/p+1/t20-/m0/s1. The zero-order chi connectivity index (χ0) is 20.3. The molecule has 8 heteroatoms. The molecule has 0 aromatic heterocycles. The molecule has 1 aromatic carbocycles. The van der Waals surface area contributed by atoms with Gasteiger partial charge in [-0.15, -0.1) is 0 Å². The van der Waals surface area contributed by atoms with Gasteiger partial charge in [0, 0.05) is 13.1 Å². The summed E-state index contributed by atoms with van der Waals surface area (Å²) in [4.78, 5) is 16.4. The van der Waals surface area contributed by atoms with Crippen molar-refractivity contribution in [2.45, 2.75) is 38.3 Å². The second-order valence-electron chi connectivity index (χ2n) is 8.07. The summed E-state index contributed by atoms with van der Waals surface area (Å²) in [6.07, 6.45) is 0.200. The number of carbonyl (C=O) groups excluding carboxylic acids is 1. The molecule has 2 aliphatic heterocycles. The van der Waals surface area contributed by atoms with E-state index in [0.717, 1.165) is 18.7 Å². The lowest BCUT2D eigenvalue weighted by Crippen LogP contribution is -3.15. The van der Waals surface area contributed by atoms with Gasteiger partial charge in [-0.1, -0.05) is 31.5 Å². The Bertz CT molecular complexity index is 773. The van der Waals surface area contributed by atoms with Crippen LogP contribution in [0.15, 0.2) is 29.2 Å². The number of quaternary nitrogens is 1. The van der Waals surface area contributed by atoms with Gasteiger partial charge in [-0.25, -0.2) is 8.42 Å². The van der Waals surface area contributed by atoms with Crippen LogP contribution < -0.4 is 4.90 Å². The van der Waals surface area contributed by atoms with Crippen molar-refractivity contribution in [3.8, 4) is 0 Å². The number of morpholine rings is 1. The van der Waals surface area contributed by atoms with E-state index < -0.39 is 16.2 Å². The fourth-order valence-corrected chi connectivity index (χ4v) is 5.80. The molecule has 2 fully saturated rings. The van der Waals surface area contributed by atoms with Crippen LogP contribution in [0.2, 0.25) is 0 Å². The van der Waals surface area contributed by atoms with Gasteiger partial charge in [0.25, 0.3) is 5.91 Å². The number of hydrogen-bond donors (Lipinski definition) is 1. The average molecular weight is 411 g/mol. The summed E-state index contributed by atoms with van der Waals surface area (Å²) in [5.74, 6) is 0.0311. The second-order valence-corrected chi connectivity index (χ2v) is 9.96. The van der Waals surface area contributed by atoms with Gasteiger partial charge in [0.15, 0.2) is 6.54 Å². The molecule has 3 rings (SSSR count). The Labute approximate surface area is 168 Å². The summed E-state index contributed by atoms with van der Waals surface area (Å²) in [5, 5.41) is 0. The van der Waals surface area contributed by atoms with Crippen LogP contribution in [0.5, 0.6) is 0 Å². The molecule has 156 valence electrons. The molecular formula is C20H32N3O4S+. The topological polar surface area (TPSA) is 71.4 Å². The lowest BCUT2D eigenvalue weighted by Gasteiger charge is -2.45. The molecule has 28 heavy (non-hydrogen) atoms. The highest BCUT2D eigenvalue weighted by molar-refractivity contribution is 7.89. The quantitative estimate of drug-likeness (QED) is 0.748. The lowest BCUT2D eigenvalue weighted by atomic mass is 10.1. The van der Waals surface area contributed by atoms with E-state index >= 15 is 0 Å². The summed E-state index contributed by atoms with van der Waals surface area (Å²) >= 11 is 0. The first kappa shape index (κ1) is 21.2. The van der Waals surface area contributed by atoms with Gasteiger partial charge in [0.1, 0.15) is 19.3 Å². The number of ether oxygens (including phenoxy) is 1. The van der Waals surface area contributed by atoms with Crippen LogP contribution in [-0.4, -0.2) is 75.6 Å². The lowest BCUT2D eigenvalue weighted by molar-refractivity contribution is -0.900. The van der Waals surface area contributed by atoms with Crippen molar-refractivity contribution in [2.24, 2.45) is 5.92 Å². The highest BCUT2D eigenvalue weighted by Gasteiger charge is 2.42. The summed E-state index contributed by atoms with van der Waals surface area (Å²) in [7, 11) is -3.66. The van der Waals surface area contributed by atoms with Crippen LogP contribution in [0.3, 0.4) is 0 Å². The molecule has 0 unspecified atom stereocenters. The van der Waals surface area contributed by atoms with Crippen molar-refractivity contribution in [2.75, 3.05) is 45.9 Å². The molecule has 1 amide bonds. The summed E-state index contributed by atoms with van der Waals surface area (Å²) in [5.41, 5.74) is 1.02. The Kier molecular flexibility index (Phi) is 6.75. The van der Waals surface area contributed by atoms with Crippen molar-refractivity contribution in [1.82, 2.24) is 9.21 Å². The first-order valence-electron chi connectivity index (χ1n) is 10.1. The van der Waals surface area contributed by atoms with E-state index in [0.29, 0.717) is 39.3 Å². The van der Waals surface area contributed by atoms with Gasteiger partial charge in [-0.2, -0.15) is 4.31 Å². The third kappa shape index (κ3) is 4.56. The fourth-order valence-electron chi connectivity index (χ4n) is 4.04. The smallest absolute Gasteiger partial charge is 0.279 e. The number of hydrogen-bond acceptors (Lipinski definition) is 4. The van der Waals surface area contributed by atoms with Crippen LogP contribution in [0.1, 0.15) is 25.8 Å². The van der Waals surface area contributed by atoms with Gasteiger partial charge in [0.2, 0.25) is 10.0 Å². The highest BCUT2D eigenvalue weighted by atomic mass is 32.2. The van der Waals surface area contributed by atoms with Gasteiger partial charge < -0.3 is 14.5 Å². The number of benzene rings is 1. The molecule has 0 aliphatic carbocycles. The Hall–Kier alpha value is -1.48. The maximum atomic E-state index is 13.3. The number of nitrogens with zero attached hydrogens (tertiary/aromatic N) is 2. The van der Waals surface area contributed by atoms with Crippen molar-refractivity contribution >= 4 is 15.9 Å². The predicted molar refractivity (Wildman–Crippen MR) is 106 cm³/mol. The van der Waals surface area contributed by atoms with E-state index in [1.807, 2.05) is 32.9 Å². The average Bonchev–Trinajstić information content (AvgIpc) is 2.68. The predicted octanol–water partition coefficient (Wildman–Crippen LogP) is 0.115. The maximum absolute atomic E-state index is 13.3. The number of carbonyl (C=O) groups is 1. The Morgan fingerprint density at radius 2 is 1.82 bits per heavy atom. The number of amides is 1. The van der Waals surface area contributed by atoms with E-state index in [9.17, 15) is 13.2 Å². The van der Waals surface area contributed by atoms with Crippen LogP contribution in [0, 0.1) is 12.8 Å². The molecule has 0 radical (unpaired) electrons. The minimum absolute atomic E-state index is 0.00385. The van der Waals surface area contributed by atoms with Crippen molar-refractivity contribution in [3.05, 3.63) is 29.8 Å². The minimum atomic E-state index is -3.66. The fraction of sp³-hybridized carbons (Fsp3) is 0.650. The van der Waals surface area contributed by atoms with Gasteiger partial charge >= 0.3 is 0 Å². The number of aryl methyl sites for hydroxylation is 1. The molecule has 0 saturated carbocycles. The van der Waals surface area contributed by atoms with E-state index in [1.165, 1.54) is 9.21 Å². The van der Waals surface area contributed by atoms with E-state index in [2.05, 4.69) is 0 Å². The van der Waals surface area contributed by atoms with Crippen LogP contribution in [-0.2, 0) is 19.6 Å². The van der Waals surface area contributed by atoms with Crippen LogP contribution in [0.4, 0.5) is 0 Å². The molecule has 7 nitrogen and oxygen atoms in total. The zero-order valence-electron chi connectivity index (χ0n) is 17.1. The molecule has 2 aliphatic rings. The molecular weight excluding hydrogens is 378 g/mol. The molecule has 1 aromatic rings. The summed E-state index contributed by atoms with van der Waals surface area (Å²) < 4.78 is 33.6. The Morgan fingerprint density at radius 3 is 2.43 bits per heavy atom. The van der Waals surface area contributed by atoms with Gasteiger partial charge in [0.05, 0.1) is 18.1 Å². The molecule has 1 atom stereocenters. The van der Waals surface area contributed by atoms with Crippen molar-refractivity contribution in [1.29, 1.82) is 0 Å². The highest BCUT2D eigenvalue weighted by Crippen LogP contribution is 2.28. The van der Waals surface area contributed by atoms with Crippen LogP contribution in [0.25, 0.3) is 0 Å². The first-order chi connectivity index (χ1) is 13.3. The first-order valence-corrected chi connectivity index (χ1v) is 11.5. The van der Waals surface area contributed by atoms with E-state index in [4.69, 9.17) is 4.74 Å². The molecule has 0 spiro atoms. The summed E-state index contributed by atoms with van der Waals surface area (Å²) in [6, 6.07) is 6.93. The van der Waals surface area contributed by atoms with Gasteiger partial charge in [-0.05, 0) is 31.4 Å². The number of sulfonamides is 1. The normalized spacial score (nSPS) is 22.6. The van der Waals surface area contributed by atoms with Crippen LogP contribution >= 0.6 is 0 Å². The van der Waals surface area contributed by atoms with E-state index in [-0.39, 0.29) is 16.7 Å². The molecule has 0 bridgehead atoms. The monoisotopic (exact) mass is 410 g/mol. The van der Waals surface area contributed by atoms with Crippen molar-refractivity contribution < 1.29 is 22.8 Å². The van der Waals surface area contributed by atoms with Gasteiger partial charge in [-0.3, -0.25) is 4.79 Å². The molecule has 1 N–H and O–H groups in total. The largest absolute Gasteiger partial charge is 0.370 e. The number of rotatable bonds is 5. The minimum Gasteiger partial charge on any atom is -0.370 e. The Balaban J connectivity index is 1.83. The SMILES string of the molecule is Cc1ccc(S(=O)(=O)N2CCCN(C(=O)C[NH+]3CCOCC3)[C@@H]2C(C)C)cc1.